The second-order valence-corrected chi connectivity index (χ2v) is 4.96. The first-order valence-corrected chi connectivity index (χ1v) is 6.08. The second-order valence-electron chi connectivity index (χ2n) is 4.96. The number of alkyl halides is 6. The van der Waals surface area contributed by atoms with Gasteiger partial charge in [0.1, 0.15) is 0 Å². The molecular formula is C11H16F6N2O. The van der Waals surface area contributed by atoms with Gasteiger partial charge in [0.2, 0.25) is 11.8 Å². The molecule has 0 aromatic carbocycles. The number of halogens is 6. The molecule has 1 aliphatic rings. The highest BCUT2D eigenvalue weighted by Gasteiger charge is 2.62. The van der Waals surface area contributed by atoms with Crippen LogP contribution >= 0.6 is 0 Å². The van der Waals surface area contributed by atoms with Gasteiger partial charge >= 0.3 is 12.4 Å². The number of hydrogen-bond acceptors (Lipinski definition) is 2. The molecule has 1 saturated heterocycles. The van der Waals surface area contributed by atoms with Crippen LogP contribution in [-0.2, 0) is 4.79 Å². The van der Waals surface area contributed by atoms with Crippen molar-refractivity contribution in [3.05, 3.63) is 0 Å². The molecule has 20 heavy (non-hydrogen) atoms. The first kappa shape index (κ1) is 17.1. The van der Waals surface area contributed by atoms with E-state index in [-0.39, 0.29) is 25.0 Å². The van der Waals surface area contributed by atoms with Gasteiger partial charge in [-0.25, -0.2) is 0 Å². The molecule has 2 atom stereocenters. The predicted molar refractivity (Wildman–Crippen MR) is 58.8 cm³/mol. The Labute approximate surface area is 112 Å². The minimum atomic E-state index is -5.63. The lowest BCUT2D eigenvalue weighted by Crippen LogP contribution is -2.55. The Kier molecular flexibility index (Phi) is 4.94. The van der Waals surface area contributed by atoms with E-state index < -0.39 is 24.2 Å². The molecule has 0 spiro atoms. The molecule has 0 radical (unpaired) electrons. The fourth-order valence-electron chi connectivity index (χ4n) is 2.42. The van der Waals surface area contributed by atoms with Gasteiger partial charge in [-0.1, -0.05) is 6.92 Å². The molecule has 0 saturated carbocycles. The summed E-state index contributed by atoms with van der Waals surface area (Å²) in [6.07, 6.45) is -10.9. The minimum Gasteiger partial charge on any atom is -0.341 e. The van der Waals surface area contributed by atoms with Gasteiger partial charge in [0.15, 0.2) is 0 Å². The van der Waals surface area contributed by atoms with Crippen LogP contribution in [0.1, 0.15) is 13.3 Å². The molecule has 3 nitrogen and oxygen atoms in total. The van der Waals surface area contributed by atoms with E-state index in [2.05, 4.69) is 5.32 Å². The van der Waals surface area contributed by atoms with E-state index in [0.717, 1.165) is 0 Å². The van der Waals surface area contributed by atoms with Crippen LogP contribution in [0.5, 0.6) is 0 Å². The topological polar surface area (TPSA) is 32.3 Å². The van der Waals surface area contributed by atoms with Gasteiger partial charge in [0, 0.05) is 19.1 Å². The minimum absolute atomic E-state index is 0.0192. The number of amides is 1. The number of likely N-dealkylation sites (tertiary alicyclic amines) is 1. The van der Waals surface area contributed by atoms with Gasteiger partial charge in [0.05, 0.1) is 0 Å². The van der Waals surface area contributed by atoms with Crippen LogP contribution in [0.25, 0.3) is 0 Å². The Bertz CT molecular complexity index is 340. The van der Waals surface area contributed by atoms with Crippen LogP contribution < -0.4 is 5.32 Å². The van der Waals surface area contributed by atoms with Crippen LogP contribution in [0, 0.1) is 11.8 Å². The molecule has 1 amide bonds. The molecule has 1 fully saturated rings. The SMILES string of the molecule is CNC1CCN(C(=O)C(C(F)(F)F)C(F)(F)F)CC1C. The van der Waals surface area contributed by atoms with E-state index >= 15 is 0 Å². The van der Waals surface area contributed by atoms with E-state index in [9.17, 15) is 31.1 Å². The average Bonchev–Trinajstić information content (AvgIpc) is 2.24. The molecule has 118 valence electrons. The van der Waals surface area contributed by atoms with Crippen molar-refractivity contribution in [3.8, 4) is 0 Å². The molecule has 2 unspecified atom stereocenters. The molecule has 9 heteroatoms. The predicted octanol–water partition coefficient (Wildman–Crippen LogP) is 2.18. The number of carbonyl (C=O) groups excluding carboxylic acids is 1. The molecule has 1 aliphatic heterocycles. The zero-order valence-electron chi connectivity index (χ0n) is 11.0. The molecule has 0 aromatic heterocycles. The highest BCUT2D eigenvalue weighted by atomic mass is 19.4. The number of rotatable bonds is 2. The van der Waals surface area contributed by atoms with E-state index in [1.165, 1.54) is 0 Å². The van der Waals surface area contributed by atoms with E-state index in [1.54, 1.807) is 14.0 Å². The van der Waals surface area contributed by atoms with Gasteiger partial charge in [0.25, 0.3) is 0 Å². The Balaban J connectivity index is 2.87. The molecule has 1 N–H and O–H groups in total. The summed E-state index contributed by atoms with van der Waals surface area (Å²) in [5.41, 5.74) is 0. The van der Waals surface area contributed by atoms with Crippen LogP contribution in [0.2, 0.25) is 0 Å². The lowest BCUT2D eigenvalue weighted by atomic mass is 9.93. The van der Waals surface area contributed by atoms with Crippen LogP contribution in [0.15, 0.2) is 0 Å². The van der Waals surface area contributed by atoms with Crippen LogP contribution in [0.3, 0.4) is 0 Å². The van der Waals surface area contributed by atoms with Crippen molar-refractivity contribution in [2.75, 3.05) is 20.1 Å². The first-order valence-electron chi connectivity index (χ1n) is 6.08. The normalized spacial score (nSPS) is 25.1. The smallest absolute Gasteiger partial charge is 0.341 e. The van der Waals surface area contributed by atoms with Crippen LogP contribution in [0.4, 0.5) is 26.3 Å². The lowest BCUT2D eigenvalue weighted by Gasteiger charge is -2.38. The summed E-state index contributed by atoms with van der Waals surface area (Å²) in [5.74, 6) is -6.06. The third kappa shape index (κ3) is 3.77. The van der Waals surface area contributed by atoms with E-state index in [4.69, 9.17) is 0 Å². The maximum Gasteiger partial charge on any atom is 0.409 e. The van der Waals surface area contributed by atoms with Crippen molar-refractivity contribution in [1.29, 1.82) is 0 Å². The van der Waals surface area contributed by atoms with Gasteiger partial charge in [-0.2, -0.15) is 26.3 Å². The van der Waals surface area contributed by atoms with Crippen LogP contribution in [-0.4, -0.2) is 49.3 Å². The first-order chi connectivity index (χ1) is 8.98. The molecule has 1 heterocycles. The number of hydrogen-bond donors (Lipinski definition) is 1. The van der Waals surface area contributed by atoms with Crippen molar-refractivity contribution in [3.63, 3.8) is 0 Å². The van der Waals surface area contributed by atoms with Gasteiger partial charge in [-0.15, -0.1) is 0 Å². The van der Waals surface area contributed by atoms with Gasteiger partial charge in [-0.3, -0.25) is 4.79 Å². The summed E-state index contributed by atoms with van der Waals surface area (Å²) >= 11 is 0. The third-order valence-electron chi connectivity index (χ3n) is 3.49. The summed E-state index contributed by atoms with van der Waals surface area (Å²) in [5, 5.41) is 2.92. The number of nitrogens with one attached hydrogen (secondary N) is 1. The Hall–Kier alpha value is -0.990. The summed E-state index contributed by atoms with van der Waals surface area (Å²) < 4.78 is 74.9. The third-order valence-corrected chi connectivity index (χ3v) is 3.49. The molecule has 1 rings (SSSR count). The van der Waals surface area contributed by atoms with Crippen molar-refractivity contribution in [1.82, 2.24) is 10.2 Å². The van der Waals surface area contributed by atoms with Crippen molar-refractivity contribution < 1.29 is 31.1 Å². The number of piperidine rings is 1. The van der Waals surface area contributed by atoms with E-state index in [0.29, 0.717) is 11.3 Å². The fraction of sp³-hybridized carbons (Fsp3) is 0.909. The summed E-state index contributed by atoms with van der Waals surface area (Å²) in [6.45, 7) is 1.45. The van der Waals surface area contributed by atoms with Crippen molar-refractivity contribution in [2.24, 2.45) is 11.8 Å². The molecule has 0 aliphatic carbocycles. The quantitative estimate of drug-likeness (QED) is 0.793. The van der Waals surface area contributed by atoms with Crippen molar-refractivity contribution in [2.45, 2.75) is 31.7 Å². The van der Waals surface area contributed by atoms with E-state index in [1.807, 2.05) is 0 Å². The maximum absolute atomic E-state index is 12.5. The van der Waals surface area contributed by atoms with Crippen molar-refractivity contribution >= 4 is 5.91 Å². The fourth-order valence-corrected chi connectivity index (χ4v) is 2.42. The van der Waals surface area contributed by atoms with Gasteiger partial charge in [-0.05, 0) is 19.4 Å². The molecule has 0 bridgehead atoms. The molecule has 0 aromatic rings. The second kappa shape index (κ2) is 5.79. The zero-order chi connectivity index (χ0) is 15.7. The lowest BCUT2D eigenvalue weighted by molar-refractivity contribution is -0.278. The number of nitrogens with zero attached hydrogens (tertiary/aromatic N) is 1. The Morgan fingerprint density at radius 2 is 1.70 bits per heavy atom. The maximum atomic E-state index is 12.5. The summed E-state index contributed by atoms with van der Waals surface area (Å²) in [4.78, 5) is 12.3. The highest BCUT2D eigenvalue weighted by molar-refractivity contribution is 5.80. The summed E-state index contributed by atoms with van der Waals surface area (Å²) in [6, 6.07) is -0.0192. The molecular weight excluding hydrogens is 290 g/mol. The van der Waals surface area contributed by atoms with Gasteiger partial charge < -0.3 is 10.2 Å². The number of carbonyl (C=O) groups is 1. The monoisotopic (exact) mass is 306 g/mol. The zero-order valence-corrected chi connectivity index (χ0v) is 11.0. The Morgan fingerprint density at radius 1 is 1.20 bits per heavy atom. The largest absolute Gasteiger partial charge is 0.409 e. The standard InChI is InChI=1S/C11H16F6N2O/c1-6-5-19(4-3-7(6)18-2)9(20)8(10(12,13)14)11(15,16)17/h6-8,18H,3-5H2,1-2H3. The Morgan fingerprint density at radius 3 is 2.05 bits per heavy atom. The summed E-state index contributed by atoms with van der Waals surface area (Å²) in [7, 11) is 1.66. The highest BCUT2D eigenvalue weighted by Crippen LogP contribution is 2.40. The average molecular weight is 306 g/mol.